The molecule has 0 aliphatic carbocycles. The lowest BCUT2D eigenvalue weighted by atomic mass is 10.2. The fourth-order valence-corrected chi connectivity index (χ4v) is 1.30. The van der Waals surface area contributed by atoms with Crippen molar-refractivity contribution in [2.75, 3.05) is 0 Å². The molecule has 1 atom stereocenters. The Morgan fingerprint density at radius 2 is 2.06 bits per heavy atom. The molecule has 0 saturated carbocycles. The van der Waals surface area contributed by atoms with Crippen molar-refractivity contribution in [2.45, 2.75) is 32.7 Å². The number of nitrogens with zero attached hydrogens (tertiary/aromatic N) is 2. The normalized spacial score (nSPS) is 13.9. The molecular formula is C9H14F3N3O. The van der Waals surface area contributed by atoms with E-state index < -0.39 is 12.3 Å². The van der Waals surface area contributed by atoms with Gasteiger partial charge in [0.15, 0.2) is 6.10 Å². The van der Waals surface area contributed by atoms with E-state index in [2.05, 4.69) is 5.10 Å². The molecule has 0 aliphatic rings. The maximum atomic E-state index is 12.3. The second-order valence-corrected chi connectivity index (χ2v) is 3.50. The lowest BCUT2D eigenvalue weighted by Gasteiger charge is -2.18. The molecule has 16 heavy (non-hydrogen) atoms. The Balaban J connectivity index is 2.97. The SMILES string of the molecule is Cc1nn(C)c(OC(C)C(F)(F)F)c1CN. The van der Waals surface area contributed by atoms with Gasteiger partial charge in [0.2, 0.25) is 5.88 Å². The quantitative estimate of drug-likeness (QED) is 0.867. The molecule has 1 unspecified atom stereocenters. The van der Waals surface area contributed by atoms with Crippen molar-refractivity contribution in [3.8, 4) is 5.88 Å². The summed E-state index contributed by atoms with van der Waals surface area (Å²) in [7, 11) is 1.52. The van der Waals surface area contributed by atoms with Crippen LogP contribution in [0.1, 0.15) is 18.2 Å². The predicted octanol–water partition coefficient (Wildman–Crippen LogP) is 1.52. The second kappa shape index (κ2) is 4.32. The molecule has 0 radical (unpaired) electrons. The minimum absolute atomic E-state index is 0.0739. The number of hydrogen-bond acceptors (Lipinski definition) is 3. The van der Waals surface area contributed by atoms with Gasteiger partial charge in [-0.3, -0.25) is 0 Å². The van der Waals surface area contributed by atoms with Gasteiger partial charge < -0.3 is 10.5 Å². The van der Waals surface area contributed by atoms with Crippen molar-refractivity contribution in [3.63, 3.8) is 0 Å². The van der Waals surface area contributed by atoms with Crippen LogP contribution in [0.4, 0.5) is 13.2 Å². The smallest absolute Gasteiger partial charge is 0.425 e. The van der Waals surface area contributed by atoms with Crippen LogP contribution in [0.25, 0.3) is 0 Å². The number of aryl methyl sites for hydroxylation is 2. The van der Waals surface area contributed by atoms with Crippen LogP contribution in [-0.4, -0.2) is 22.1 Å². The van der Waals surface area contributed by atoms with Gasteiger partial charge in [-0.15, -0.1) is 0 Å². The van der Waals surface area contributed by atoms with Crippen LogP contribution < -0.4 is 10.5 Å². The number of aromatic nitrogens is 2. The molecule has 1 aromatic heterocycles. The van der Waals surface area contributed by atoms with Gasteiger partial charge in [-0.1, -0.05) is 0 Å². The van der Waals surface area contributed by atoms with Crippen molar-refractivity contribution < 1.29 is 17.9 Å². The maximum Gasteiger partial charge on any atom is 0.425 e. The summed E-state index contributed by atoms with van der Waals surface area (Å²) in [5.74, 6) is 0.0739. The third kappa shape index (κ3) is 2.46. The van der Waals surface area contributed by atoms with Gasteiger partial charge in [-0.2, -0.15) is 18.3 Å². The zero-order valence-corrected chi connectivity index (χ0v) is 9.30. The lowest BCUT2D eigenvalue weighted by Crippen LogP contribution is -2.32. The Hall–Kier alpha value is -1.24. The third-order valence-corrected chi connectivity index (χ3v) is 2.24. The summed E-state index contributed by atoms with van der Waals surface area (Å²) >= 11 is 0. The first-order chi connectivity index (χ1) is 7.27. The number of hydrogen-bond donors (Lipinski definition) is 1. The van der Waals surface area contributed by atoms with Crippen molar-refractivity contribution in [1.29, 1.82) is 0 Å². The van der Waals surface area contributed by atoms with Crippen molar-refractivity contribution in [2.24, 2.45) is 12.8 Å². The van der Waals surface area contributed by atoms with Crippen LogP contribution in [0, 0.1) is 6.92 Å². The van der Waals surface area contributed by atoms with E-state index in [1.54, 1.807) is 6.92 Å². The minimum Gasteiger partial charge on any atom is -0.465 e. The standard InChI is InChI=1S/C9H14F3N3O/c1-5-7(4-13)8(15(3)14-5)16-6(2)9(10,11)12/h6H,4,13H2,1-3H3. The van der Waals surface area contributed by atoms with E-state index >= 15 is 0 Å². The molecule has 0 bridgehead atoms. The number of alkyl halides is 3. The lowest BCUT2D eigenvalue weighted by molar-refractivity contribution is -0.190. The maximum absolute atomic E-state index is 12.3. The first-order valence-corrected chi connectivity index (χ1v) is 4.73. The topological polar surface area (TPSA) is 53.1 Å². The van der Waals surface area contributed by atoms with E-state index in [1.807, 2.05) is 0 Å². The molecule has 1 aromatic rings. The zero-order chi connectivity index (χ0) is 12.5. The molecule has 0 fully saturated rings. The molecule has 0 amide bonds. The second-order valence-electron chi connectivity index (χ2n) is 3.50. The van der Waals surface area contributed by atoms with Crippen LogP contribution in [0.15, 0.2) is 0 Å². The minimum atomic E-state index is -4.40. The molecule has 0 saturated heterocycles. The van der Waals surface area contributed by atoms with E-state index in [0.29, 0.717) is 11.3 Å². The first-order valence-electron chi connectivity index (χ1n) is 4.73. The Bertz CT molecular complexity index is 373. The van der Waals surface area contributed by atoms with Crippen molar-refractivity contribution in [1.82, 2.24) is 9.78 Å². The fraction of sp³-hybridized carbons (Fsp3) is 0.667. The summed E-state index contributed by atoms with van der Waals surface area (Å²) in [6.07, 6.45) is -6.28. The molecular weight excluding hydrogens is 223 g/mol. The Morgan fingerprint density at radius 3 is 2.50 bits per heavy atom. The van der Waals surface area contributed by atoms with E-state index in [9.17, 15) is 13.2 Å². The van der Waals surface area contributed by atoms with Crippen LogP contribution in [0.2, 0.25) is 0 Å². The third-order valence-electron chi connectivity index (χ3n) is 2.24. The van der Waals surface area contributed by atoms with E-state index in [4.69, 9.17) is 10.5 Å². The highest BCUT2D eigenvalue weighted by molar-refractivity contribution is 5.30. The van der Waals surface area contributed by atoms with Gasteiger partial charge in [0.1, 0.15) is 0 Å². The average molecular weight is 237 g/mol. The van der Waals surface area contributed by atoms with Crippen molar-refractivity contribution >= 4 is 0 Å². The molecule has 0 aromatic carbocycles. The van der Waals surface area contributed by atoms with E-state index in [1.165, 1.54) is 11.7 Å². The first kappa shape index (κ1) is 12.8. The largest absolute Gasteiger partial charge is 0.465 e. The molecule has 4 nitrogen and oxygen atoms in total. The molecule has 0 aliphatic heterocycles. The number of nitrogens with two attached hydrogens (primary N) is 1. The number of rotatable bonds is 3. The summed E-state index contributed by atoms with van der Waals surface area (Å²) in [5, 5.41) is 3.96. The summed E-state index contributed by atoms with van der Waals surface area (Å²) in [6, 6.07) is 0. The highest BCUT2D eigenvalue weighted by Crippen LogP contribution is 2.27. The molecule has 7 heteroatoms. The van der Waals surface area contributed by atoms with Gasteiger partial charge in [-0.05, 0) is 13.8 Å². The molecule has 2 N–H and O–H groups in total. The molecule has 1 rings (SSSR count). The van der Waals surface area contributed by atoms with Gasteiger partial charge in [-0.25, -0.2) is 4.68 Å². The zero-order valence-electron chi connectivity index (χ0n) is 9.30. The van der Waals surface area contributed by atoms with Crippen LogP contribution in [0.5, 0.6) is 5.88 Å². The summed E-state index contributed by atoms with van der Waals surface area (Å²) in [5.41, 5.74) is 6.51. The molecule has 0 spiro atoms. The number of halogens is 3. The van der Waals surface area contributed by atoms with Crippen LogP contribution in [0.3, 0.4) is 0 Å². The average Bonchev–Trinajstić information content (AvgIpc) is 2.40. The van der Waals surface area contributed by atoms with E-state index in [0.717, 1.165) is 6.92 Å². The highest BCUT2D eigenvalue weighted by Gasteiger charge is 2.39. The molecule has 1 heterocycles. The predicted molar refractivity (Wildman–Crippen MR) is 52.0 cm³/mol. The summed E-state index contributed by atoms with van der Waals surface area (Å²) in [4.78, 5) is 0. The van der Waals surface area contributed by atoms with Gasteiger partial charge >= 0.3 is 6.18 Å². The Labute approximate surface area is 91.2 Å². The monoisotopic (exact) mass is 237 g/mol. The van der Waals surface area contributed by atoms with E-state index in [-0.39, 0.29) is 12.4 Å². The summed E-state index contributed by atoms with van der Waals surface area (Å²) < 4.78 is 43.1. The van der Waals surface area contributed by atoms with Crippen LogP contribution in [-0.2, 0) is 13.6 Å². The Kier molecular flexibility index (Phi) is 3.47. The van der Waals surface area contributed by atoms with Gasteiger partial charge in [0.25, 0.3) is 0 Å². The van der Waals surface area contributed by atoms with Crippen molar-refractivity contribution in [3.05, 3.63) is 11.3 Å². The number of ether oxygens (including phenoxy) is 1. The Morgan fingerprint density at radius 1 is 1.50 bits per heavy atom. The fourth-order valence-electron chi connectivity index (χ4n) is 1.30. The van der Waals surface area contributed by atoms with Gasteiger partial charge in [0, 0.05) is 13.6 Å². The summed E-state index contributed by atoms with van der Waals surface area (Å²) in [6.45, 7) is 2.72. The highest BCUT2D eigenvalue weighted by atomic mass is 19.4. The van der Waals surface area contributed by atoms with Gasteiger partial charge in [0.05, 0.1) is 11.3 Å². The van der Waals surface area contributed by atoms with Crippen LogP contribution >= 0.6 is 0 Å². The molecule has 92 valence electrons.